The van der Waals surface area contributed by atoms with Gasteiger partial charge in [-0.3, -0.25) is 0 Å². The first-order valence-electron chi connectivity index (χ1n) is 11.1. The molecule has 2 heterocycles. The third kappa shape index (κ3) is 2.61. The largest absolute Gasteiger partial charge is 0.493 e. The van der Waals surface area contributed by atoms with Gasteiger partial charge in [-0.2, -0.15) is 0 Å². The molecule has 1 aromatic carbocycles. The summed E-state index contributed by atoms with van der Waals surface area (Å²) < 4.78 is 29.9. The van der Waals surface area contributed by atoms with Crippen LogP contribution in [0.25, 0.3) is 0 Å². The number of carbonyl (C=O) groups excluding carboxylic acids is 1. The highest BCUT2D eigenvalue weighted by atomic mass is 16.8. The second-order valence-electron chi connectivity index (χ2n) is 8.87. The van der Waals surface area contributed by atoms with Crippen molar-refractivity contribution in [3.63, 3.8) is 0 Å². The number of benzene rings is 1. The molecule has 0 aromatic heterocycles. The predicted octanol–water partition coefficient (Wildman–Crippen LogP) is 3.32. The minimum absolute atomic E-state index is 0.0222. The summed E-state index contributed by atoms with van der Waals surface area (Å²) in [5.74, 6) is 1.06. The molecule has 2 aliphatic carbocycles. The summed E-state index contributed by atoms with van der Waals surface area (Å²) in [7, 11) is 3.10. The van der Waals surface area contributed by atoms with Gasteiger partial charge in [0.2, 0.25) is 5.79 Å². The molecule has 1 spiro atoms. The van der Waals surface area contributed by atoms with Crippen LogP contribution in [0.1, 0.15) is 50.2 Å². The normalized spacial score (nSPS) is 32.4. The lowest BCUT2D eigenvalue weighted by molar-refractivity contribution is -0.254. The first kappa shape index (κ1) is 19.9. The number of unbranched alkanes of at least 4 members (excludes halogenated alkanes) is 1. The maximum atomic E-state index is 12.2. The van der Waals surface area contributed by atoms with Crippen molar-refractivity contribution >= 4 is 6.09 Å². The standard InChI is InChI=1S/C23H31NO6/c1-4-5-9-22-15-8-10-23(28-11-12-29-23)20(22)30-19-17(26-2)7-6-14(18(19)22)13-16(15)24-21(25)27-3/h6-7,15-16,20H,4-5,8-13H2,1-3H3,(H,24,25)/t15?,16?,20?,22-/m0/s1. The first-order chi connectivity index (χ1) is 14.6. The minimum Gasteiger partial charge on any atom is -0.493 e. The van der Waals surface area contributed by atoms with E-state index in [4.69, 9.17) is 23.7 Å². The van der Waals surface area contributed by atoms with Crippen LogP contribution in [0.15, 0.2) is 12.1 Å². The summed E-state index contributed by atoms with van der Waals surface area (Å²) in [5, 5.41) is 3.13. The Bertz CT molecular complexity index is 835. The Balaban J connectivity index is 1.69. The Labute approximate surface area is 177 Å². The molecular formula is C23H31NO6. The van der Waals surface area contributed by atoms with Gasteiger partial charge in [0.25, 0.3) is 0 Å². The van der Waals surface area contributed by atoms with E-state index in [0.29, 0.717) is 13.2 Å². The Kier molecular flexibility index (Phi) is 4.86. The van der Waals surface area contributed by atoms with E-state index in [9.17, 15) is 4.79 Å². The second kappa shape index (κ2) is 7.31. The molecule has 2 fully saturated rings. The van der Waals surface area contributed by atoms with Crippen LogP contribution in [-0.4, -0.2) is 51.5 Å². The van der Waals surface area contributed by atoms with Crippen LogP contribution in [0.3, 0.4) is 0 Å². The van der Waals surface area contributed by atoms with E-state index in [2.05, 4.69) is 18.3 Å². The van der Waals surface area contributed by atoms with E-state index in [1.165, 1.54) is 18.2 Å². The molecule has 164 valence electrons. The van der Waals surface area contributed by atoms with Gasteiger partial charge >= 0.3 is 6.09 Å². The van der Waals surface area contributed by atoms with Gasteiger partial charge in [0.15, 0.2) is 17.6 Å². The van der Waals surface area contributed by atoms with Crippen molar-refractivity contribution in [2.75, 3.05) is 27.4 Å². The average Bonchev–Trinajstić information content (AvgIpc) is 3.37. The number of carbonyl (C=O) groups is 1. The molecule has 4 aliphatic rings. The zero-order valence-corrected chi connectivity index (χ0v) is 18.0. The smallest absolute Gasteiger partial charge is 0.407 e. The summed E-state index contributed by atoms with van der Waals surface area (Å²) in [4.78, 5) is 12.2. The van der Waals surface area contributed by atoms with Gasteiger partial charge in [0.05, 0.1) is 27.4 Å². The molecule has 0 bridgehead atoms. The molecule has 30 heavy (non-hydrogen) atoms. The van der Waals surface area contributed by atoms with Crippen molar-refractivity contribution in [2.45, 2.75) is 68.8 Å². The van der Waals surface area contributed by atoms with Crippen LogP contribution >= 0.6 is 0 Å². The van der Waals surface area contributed by atoms with Crippen LogP contribution in [0.4, 0.5) is 4.79 Å². The maximum absolute atomic E-state index is 12.2. The number of alkyl carbamates (subject to hydrolysis) is 1. The number of hydrogen-bond donors (Lipinski definition) is 1. The van der Waals surface area contributed by atoms with E-state index in [1.54, 1.807) is 7.11 Å². The second-order valence-corrected chi connectivity index (χ2v) is 8.87. The SMILES string of the molecule is CCCC[C@]12c3c4ccc(OC)c3OC1C1(CCC2C(NC(=O)OC)C4)OCCO1. The third-order valence-electron chi connectivity index (χ3n) is 7.60. The monoisotopic (exact) mass is 417 g/mol. The Hall–Kier alpha value is -1.99. The number of amides is 1. The molecule has 1 amide bonds. The fraction of sp³-hybridized carbons (Fsp3) is 0.696. The zero-order chi connectivity index (χ0) is 20.9. The number of rotatable bonds is 5. The van der Waals surface area contributed by atoms with Gasteiger partial charge in [-0.25, -0.2) is 4.79 Å². The number of fused-ring (bicyclic) bond motifs is 1. The zero-order valence-electron chi connectivity index (χ0n) is 18.0. The third-order valence-corrected chi connectivity index (χ3v) is 7.60. The molecule has 1 aromatic rings. The minimum atomic E-state index is -0.737. The van der Waals surface area contributed by atoms with Crippen molar-refractivity contribution in [1.29, 1.82) is 0 Å². The fourth-order valence-corrected chi connectivity index (χ4v) is 6.50. The van der Waals surface area contributed by atoms with Crippen molar-refractivity contribution in [3.05, 3.63) is 23.3 Å². The van der Waals surface area contributed by atoms with E-state index in [0.717, 1.165) is 50.0 Å². The number of ether oxygens (including phenoxy) is 5. The molecular weight excluding hydrogens is 386 g/mol. The van der Waals surface area contributed by atoms with Crippen LogP contribution < -0.4 is 14.8 Å². The van der Waals surface area contributed by atoms with E-state index in [1.807, 2.05) is 6.07 Å². The molecule has 1 saturated carbocycles. The molecule has 0 radical (unpaired) electrons. The summed E-state index contributed by atoms with van der Waals surface area (Å²) in [5.41, 5.74) is 2.16. The van der Waals surface area contributed by atoms with E-state index >= 15 is 0 Å². The molecule has 1 saturated heterocycles. The Morgan fingerprint density at radius 2 is 2.07 bits per heavy atom. The lowest BCUT2D eigenvalue weighted by Crippen LogP contribution is -2.67. The molecule has 7 nitrogen and oxygen atoms in total. The summed E-state index contributed by atoms with van der Waals surface area (Å²) in [6, 6.07) is 4.07. The summed E-state index contributed by atoms with van der Waals surface area (Å²) in [6.45, 7) is 3.37. The molecule has 7 heteroatoms. The van der Waals surface area contributed by atoms with Crippen LogP contribution in [0.2, 0.25) is 0 Å². The van der Waals surface area contributed by atoms with Crippen LogP contribution in [0.5, 0.6) is 11.5 Å². The average molecular weight is 418 g/mol. The first-order valence-corrected chi connectivity index (χ1v) is 11.1. The van der Waals surface area contributed by atoms with Crippen LogP contribution in [-0.2, 0) is 26.0 Å². The van der Waals surface area contributed by atoms with Gasteiger partial charge in [-0.05, 0) is 36.8 Å². The van der Waals surface area contributed by atoms with Crippen molar-refractivity contribution in [2.24, 2.45) is 5.92 Å². The highest BCUT2D eigenvalue weighted by molar-refractivity contribution is 5.68. The molecule has 2 aliphatic heterocycles. The van der Waals surface area contributed by atoms with Gasteiger partial charge in [0, 0.05) is 23.4 Å². The van der Waals surface area contributed by atoms with Crippen LogP contribution in [0, 0.1) is 5.92 Å². The number of nitrogens with one attached hydrogen (secondary N) is 1. The number of methoxy groups -OCH3 is 2. The predicted molar refractivity (Wildman–Crippen MR) is 109 cm³/mol. The molecule has 1 N–H and O–H groups in total. The number of hydrogen-bond acceptors (Lipinski definition) is 6. The topological polar surface area (TPSA) is 75.3 Å². The highest BCUT2D eigenvalue weighted by Gasteiger charge is 2.69. The van der Waals surface area contributed by atoms with Crippen molar-refractivity contribution in [3.8, 4) is 11.5 Å². The molecule has 3 unspecified atom stereocenters. The van der Waals surface area contributed by atoms with Crippen molar-refractivity contribution in [1.82, 2.24) is 5.32 Å². The van der Waals surface area contributed by atoms with Gasteiger partial charge in [-0.15, -0.1) is 0 Å². The maximum Gasteiger partial charge on any atom is 0.407 e. The van der Waals surface area contributed by atoms with Gasteiger partial charge < -0.3 is 29.0 Å². The highest BCUT2D eigenvalue weighted by Crippen LogP contribution is 2.65. The lowest BCUT2D eigenvalue weighted by atomic mass is 9.52. The Morgan fingerprint density at radius 1 is 1.27 bits per heavy atom. The van der Waals surface area contributed by atoms with Crippen molar-refractivity contribution < 1.29 is 28.5 Å². The fourth-order valence-electron chi connectivity index (χ4n) is 6.50. The summed E-state index contributed by atoms with van der Waals surface area (Å²) in [6.07, 6.45) is 4.87. The van der Waals surface area contributed by atoms with E-state index < -0.39 is 5.79 Å². The van der Waals surface area contributed by atoms with E-state index in [-0.39, 0.29) is 29.6 Å². The Morgan fingerprint density at radius 3 is 2.77 bits per heavy atom. The quantitative estimate of drug-likeness (QED) is 0.792. The molecule has 4 atom stereocenters. The van der Waals surface area contributed by atoms with Gasteiger partial charge in [-0.1, -0.05) is 25.8 Å². The molecule has 5 rings (SSSR count). The summed E-state index contributed by atoms with van der Waals surface area (Å²) >= 11 is 0. The lowest BCUT2D eigenvalue weighted by Gasteiger charge is -2.55. The van der Waals surface area contributed by atoms with Gasteiger partial charge in [0.1, 0.15) is 0 Å².